The number of benzene rings is 1. The van der Waals surface area contributed by atoms with Gasteiger partial charge in [0.1, 0.15) is 6.10 Å². The van der Waals surface area contributed by atoms with Crippen molar-refractivity contribution >= 4 is 12.0 Å². The van der Waals surface area contributed by atoms with Crippen LogP contribution in [0.5, 0.6) is 0 Å². The third-order valence-corrected chi connectivity index (χ3v) is 12.2. The Labute approximate surface area is 239 Å². The zero-order valence-corrected chi connectivity index (χ0v) is 25.5. The monoisotopic (exact) mass is 530 g/mol. The largest absolute Gasteiger partial charge is 0.458 e. The lowest BCUT2D eigenvalue weighted by atomic mass is 9.42. The van der Waals surface area contributed by atoms with Gasteiger partial charge in [-0.3, -0.25) is 0 Å². The van der Waals surface area contributed by atoms with E-state index in [1.54, 1.807) is 11.6 Å². The van der Waals surface area contributed by atoms with Crippen LogP contribution >= 0.6 is 0 Å². The van der Waals surface area contributed by atoms with Gasteiger partial charge in [-0.25, -0.2) is 4.79 Å². The van der Waals surface area contributed by atoms with Crippen LogP contribution in [0.4, 0.5) is 0 Å². The summed E-state index contributed by atoms with van der Waals surface area (Å²) in [5.74, 6) is 4.92. The molecule has 8 atom stereocenters. The Hall–Kier alpha value is -1.83. The van der Waals surface area contributed by atoms with Gasteiger partial charge in [-0.2, -0.15) is 0 Å². The predicted octanol–water partition coefficient (Wildman–Crippen LogP) is 10.3. The van der Waals surface area contributed by atoms with Crippen molar-refractivity contribution in [3.05, 3.63) is 53.6 Å². The minimum atomic E-state index is -0.183. The second-order valence-electron chi connectivity index (χ2n) is 14.7. The summed E-state index contributed by atoms with van der Waals surface area (Å²) in [7, 11) is 0. The number of ether oxygens (including phenoxy) is 1. The van der Waals surface area contributed by atoms with Crippen molar-refractivity contribution in [2.75, 3.05) is 0 Å². The van der Waals surface area contributed by atoms with Gasteiger partial charge in [0.2, 0.25) is 0 Å². The lowest BCUT2D eigenvalue weighted by Crippen LogP contribution is -2.54. The Morgan fingerprint density at radius 3 is 2.51 bits per heavy atom. The highest BCUT2D eigenvalue weighted by Gasteiger charge is 2.57. The summed E-state index contributed by atoms with van der Waals surface area (Å²) in [5.41, 5.74) is 4.06. The molecule has 5 rings (SSSR count). The van der Waals surface area contributed by atoms with Crippen LogP contribution in [0.15, 0.2) is 42.5 Å². The first-order valence-corrected chi connectivity index (χ1v) is 16.3. The number of allylic oxidation sites excluding steroid dienone is 1. The van der Waals surface area contributed by atoms with E-state index < -0.39 is 0 Å². The molecule has 214 valence electrons. The van der Waals surface area contributed by atoms with Gasteiger partial charge in [-0.15, -0.1) is 0 Å². The van der Waals surface area contributed by atoms with Crippen molar-refractivity contribution in [2.45, 2.75) is 118 Å². The summed E-state index contributed by atoms with van der Waals surface area (Å²) >= 11 is 0. The Morgan fingerprint density at radius 2 is 1.79 bits per heavy atom. The molecular weight excluding hydrogens is 476 g/mol. The summed E-state index contributed by atoms with van der Waals surface area (Å²) in [6, 6.07) is 7.59. The second-order valence-corrected chi connectivity index (χ2v) is 14.7. The molecule has 0 N–H and O–H groups in total. The third kappa shape index (κ3) is 5.56. The smallest absolute Gasteiger partial charge is 0.338 e. The van der Waals surface area contributed by atoms with Crippen LogP contribution in [0.1, 0.15) is 128 Å². The number of carbonyl (C=O) groups excluding carboxylic acids is 1. The van der Waals surface area contributed by atoms with Crippen molar-refractivity contribution in [2.24, 2.45) is 46.3 Å². The van der Waals surface area contributed by atoms with Gasteiger partial charge in [-0.1, -0.05) is 96.7 Å². The zero-order chi connectivity index (χ0) is 27.8. The van der Waals surface area contributed by atoms with Crippen LogP contribution in [-0.4, -0.2) is 12.1 Å². The Kier molecular flexibility index (Phi) is 8.52. The third-order valence-electron chi connectivity index (χ3n) is 12.2. The number of rotatable bonds is 8. The number of hydrogen-bond acceptors (Lipinski definition) is 2. The fourth-order valence-electron chi connectivity index (χ4n) is 9.93. The van der Waals surface area contributed by atoms with E-state index in [1.165, 1.54) is 57.8 Å². The molecule has 3 saturated carbocycles. The first-order valence-electron chi connectivity index (χ1n) is 16.3. The molecule has 0 aliphatic heterocycles. The van der Waals surface area contributed by atoms with Crippen LogP contribution < -0.4 is 0 Å². The van der Waals surface area contributed by atoms with E-state index in [0.29, 0.717) is 11.0 Å². The Morgan fingerprint density at radius 1 is 1.03 bits per heavy atom. The van der Waals surface area contributed by atoms with Gasteiger partial charge in [0, 0.05) is 6.42 Å². The van der Waals surface area contributed by atoms with E-state index >= 15 is 0 Å². The van der Waals surface area contributed by atoms with Crippen LogP contribution in [0.3, 0.4) is 0 Å². The first kappa shape index (κ1) is 28.7. The molecule has 1 aromatic rings. The zero-order valence-electron chi connectivity index (χ0n) is 25.5. The van der Waals surface area contributed by atoms with Gasteiger partial charge in [-0.05, 0) is 109 Å². The van der Waals surface area contributed by atoms with Gasteiger partial charge in [0.25, 0.3) is 0 Å². The van der Waals surface area contributed by atoms with E-state index in [-0.39, 0.29) is 17.5 Å². The Bertz CT molecular complexity index is 1050. The molecule has 0 heterocycles. The molecule has 3 fully saturated rings. The maximum atomic E-state index is 12.9. The number of carbonyl (C=O) groups is 1. The molecule has 0 spiro atoms. The molecule has 2 nitrogen and oxygen atoms in total. The average molecular weight is 531 g/mol. The summed E-state index contributed by atoms with van der Waals surface area (Å²) in [5, 5.41) is 0. The van der Waals surface area contributed by atoms with Crippen LogP contribution in [0.2, 0.25) is 0 Å². The van der Waals surface area contributed by atoms with Crippen molar-refractivity contribution in [1.29, 1.82) is 0 Å². The highest BCUT2D eigenvalue weighted by molar-refractivity contribution is 5.89. The molecular formula is C37H54O2. The Balaban J connectivity index is 1.26. The molecule has 0 bridgehead atoms. The summed E-state index contributed by atoms with van der Waals surface area (Å²) in [4.78, 5) is 12.9. The maximum Gasteiger partial charge on any atom is 0.338 e. The van der Waals surface area contributed by atoms with Gasteiger partial charge < -0.3 is 4.74 Å². The van der Waals surface area contributed by atoms with Crippen LogP contribution in [0, 0.1) is 46.3 Å². The standard InChI is InChI=1S/C37H54O2/c1-7-27-14-16-28(17-15-27)35(38)39-30-20-22-36(5)29(24-30)18-19-31-33-13-9-12-32(26(4)11-8-10-25(2)3)37(33,6)23-21-34(31)36/h7,14-18,25-26,30-34H,1,8-13,19-24H2,2-6H3. The average Bonchev–Trinajstić information content (AvgIpc) is 2.92. The van der Waals surface area contributed by atoms with E-state index in [4.69, 9.17) is 4.74 Å². The van der Waals surface area contributed by atoms with Crippen molar-refractivity contribution in [3.63, 3.8) is 0 Å². The van der Waals surface area contributed by atoms with Crippen LogP contribution in [0.25, 0.3) is 6.08 Å². The van der Waals surface area contributed by atoms with Crippen LogP contribution in [-0.2, 0) is 4.74 Å². The summed E-state index contributed by atoms with van der Waals surface area (Å²) in [6.45, 7) is 16.4. The molecule has 4 aliphatic rings. The van der Waals surface area contributed by atoms with E-state index in [1.807, 2.05) is 24.3 Å². The number of hydrogen-bond donors (Lipinski definition) is 0. The van der Waals surface area contributed by atoms with E-state index in [0.717, 1.165) is 60.3 Å². The SMILES string of the molecule is C=Cc1ccc(C(=O)OC2CCC3(C)C(=CCC4C3CCC3(C)C(C(C)CCCC(C)C)CCCC43)C2)cc1. The number of esters is 1. The van der Waals surface area contributed by atoms with Gasteiger partial charge >= 0.3 is 5.97 Å². The highest BCUT2D eigenvalue weighted by Crippen LogP contribution is 2.66. The van der Waals surface area contributed by atoms with Crippen molar-refractivity contribution in [3.8, 4) is 0 Å². The summed E-state index contributed by atoms with van der Waals surface area (Å²) < 4.78 is 6.06. The maximum absolute atomic E-state index is 12.9. The second kappa shape index (κ2) is 11.6. The number of fused-ring (bicyclic) bond motifs is 5. The highest BCUT2D eigenvalue weighted by atomic mass is 16.5. The molecule has 39 heavy (non-hydrogen) atoms. The molecule has 1 aromatic carbocycles. The van der Waals surface area contributed by atoms with Crippen molar-refractivity contribution in [1.82, 2.24) is 0 Å². The molecule has 0 saturated heterocycles. The molecule has 0 aromatic heterocycles. The lowest BCUT2D eigenvalue weighted by molar-refractivity contribution is -0.110. The molecule has 2 heteroatoms. The topological polar surface area (TPSA) is 26.3 Å². The molecule has 8 unspecified atom stereocenters. The first-order chi connectivity index (χ1) is 18.7. The molecule has 4 aliphatic carbocycles. The normalized spacial score (nSPS) is 36.7. The fraction of sp³-hybridized carbons (Fsp3) is 0.703. The van der Waals surface area contributed by atoms with E-state index in [9.17, 15) is 4.79 Å². The minimum Gasteiger partial charge on any atom is -0.458 e. The van der Waals surface area contributed by atoms with E-state index in [2.05, 4.69) is 47.3 Å². The summed E-state index contributed by atoms with van der Waals surface area (Å²) in [6.07, 6.45) is 20.1. The quantitative estimate of drug-likeness (QED) is 0.247. The fourth-order valence-corrected chi connectivity index (χ4v) is 9.93. The molecule has 0 amide bonds. The predicted molar refractivity (Wildman–Crippen MR) is 163 cm³/mol. The lowest BCUT2D eigenvalue weighted by Gasteiger charge is -2.62. The van der Waals surface area contributed by atoms with Crippen molar-refractivity contribution < 1.29 is 9.53 Å². The molecule has 0 radical (unpaired) electrons. The van der Waals surface area contributed by atoms with Gasteiger partial charge in [0.15, 0.2) is 0 Å². The van der Waals surface area contributed by atoms with Gasteiger partial charge in [0.05, 0.1) is 5.56 Å². The minimum absolute atomic E-state index is 0.00654.